The molecule has 0 spiro atoms. The lowest BCUT2D eigenvalue weighted by molar-refractivity contribution is 0.415. The van der Waals surface area contributed by atoms with Crippen LogP contribution in [0.1, 0.15) is 0 Å². The van der Waals surface area contributed by atoms with Gasteiger partial charge in [0, 0.05) is 11.6 Å². The zero-order valence-corrected chi connectivity index (χ0v) is 11.3. The number of hydrogen-bond acceptors (Lipinski definition) is 4. The van der Waals surface area contributed by atoms with Crippen LogP contribution in [0.25, 0.3) is 22.2 Å². The van der Waals surface area contributed by atoms with Crippen LogP contribution < -0.4 is 10.4 Å². The maximum atomic E-state index is 11.9. The van der Waals surface area contributed by atoms with Crippen LogP contribution in [-0.4, -0.2) is 12.1 Å². The summed E-state index contributed by atoms with van der Waals surface area (Å²) in [6.45, 7) is 0. The van der Waals surface area contributed by atoms with Crippen molar-refractivity contribution >= 4 is 22.5 Å². The van der Waals surface area contributed by atoms with Crippen LogP contribution in [0.3, 0.4) is 0 Å². The Kier molecular flexibility index (Phi) is 3.16. The highest BCUT2D eigenvalue weighted by Gasteiger charge is 2.08. The summed E-state index contributed by atoms with van der Waals surface area (Å²) in [6.07, 6.45) is 0. The predicted octanol–water partition coefficient (Wildman–Crippen LogP) is 3.52. The van der Waals surface area contributed by atoms with Crippen molar-refractivity contribution in [2.45, 2.75) is 0 Å². The summed E-state index contributed by atoms with van der Waals surface area (Å²) in [7, 11) is 1.59. The first-order chi connectivity index (χ1) is 9.67. The van der Waals surface area contributed by atoms with Crippen LogP contribution >= 0.6 is 11.6 Å². The zero-order chi connectivity index (χ0) is 14.1. The molecule has 100 valence electrons. The normalized spacial score (nSPS) is 10.7. The molecule has 0 bridgehead atoms. The molecule has 0 saturated carbocycles. The summed E-state index contributed by atoms with van der Waals surface area (Å²) in [5, 5.41) is 0.746. The van der Waals surface area contributed by atoms with Crippen molar-refractivity contribution in [1.29, 1.82) is 0 Å². The third-order valence-corrected chi connectivity index (χ3v) is 3.17. The third-order valence-electron chi connectivity index (χ3n) is 2.96. The summed E-state index contributed by atoms with van der Waals surface area (Å²) in [5.74, 6) is 1.18. The van der Waals surface area contributed by atoms with Gasteiger partial charge in [0.15, 0.2) is 0 Å². The number of nitrogens with zero attached hydrogens (tertiary/aromatic N) is 1. The van der Waals surface area contributed by atoms with Crippen molar-refractivity contribution in [2.24, 2.45) is 0 Å². The minimum atomic E-state index is -0.433. The number of hydrogen-bond donors (Lipinski definition) is 0. The molecule has 0 saturated heterocycles. The minimum absolute atomic E-state index is 0.337. The fourth-order valence-corrected chi connectivity index (χ4v) is 2.09. The van der Waals surface area contributed by atoms with Crippen molar-refractivity contribution in [3.8, 4) is 17.1 Å². The van der Waals surface area contributed by atoms with Crippen molar-refractivity contribution in [2.75, 3.05) is 7.11 Å². The van der Waals surface area contributed by atoms with Gasteiger partial charge in [0.25, 0.3) is 0 Å². The van der Waals surface area contributed by atoms with Gasteiger partial charge in [-0.05, 0) is 36.4 Å². The van der Waals surface area contributed by atoms with Crippen molar-refractivity contribution in [1.82, 2.24) is 4.98 Å². The second-order valence-electron chi connectivity index (χ2n) is 4.19. The first kappa shape index (κ1) is 12.7. The van der Waals surface area contributed by atoms with Crippen LogP contribution in [0.15, 0.2) is 51.7 Å². The first-order valence-electron chi connectivity index (χ1n) is 5.92. The Balaban J connectivity index is 2.18. The van der Waals surface area contributed by atoms with E-state index >= 15 is 0 Å². The summed E-state index contributed by atoms with van der Waals surface area (Å²) in [5.41, 5.74) is 0.851. The van der Waals surface area contributed by atoms with Crippen LogP contribution in [0.5, 0.6) is 5.75 Å². The molecule has 4 nitrogen and oxygen atoms in total. The number of rotatable bonds is 2. The molecular weight excluding hydrogens is 278 g/mol. The van der Waals surface area contributed by atoms with Gasteiger partial charge in [-0.2, -0.15) is 0 Å². The topological polar surface area (TPSA) is 52.3 Å². The molecule has 0 N–H and O–H groups in total. The monoisotopic (exact) mass is 287 g/mol. The molecule has 1 aromatic carbocycles. The number of ether oxygens (including phenoxy) is 1. The van der Waals surface area contributed by atoms with Crippen LogP contribution in [0.2, 0.25) is 5.15 Å². The maximum Gasteiger partial charge on any atom is 0.345 e. The van der Waals surface area contributed by atoms with Gasteiger partial charge in [-0.15, -0.1) is 0 Å². The Morgan fingerprint density at radius 1 is 1.15 bits per heavy atom. The molecule has 20 heavy (non-hydrogen) atoms. The van der Waals surface area contributed by atoms with E-state index in [0.717, 1.165) is 11.3 Å². The predicted molar refractivity (Wildman–Crippen MR) is 77.3 cm³/mol. The Morgan fingerprint density at radius 3 is 2.60 bits per heavy atom. The van der Waals surface area contributed by atoms with Gasteiger partial charge < -0.3 is 9.15 Å². The average Bonchev–Trinajstić information content (AvgIpc) is 2.46. The summed E-state index contributed by atoms with van der Waals surface area (Å²) < 4.78 is 10.4. The number of pyridine rings is 1. The standard InChI is InChI=1S/C15H10ClNO3/c1-19-10-4-2-9(3-5-10)13-8-12-11(15(18)20-13)6-7-14(16)17-12/h2-8H,1H3. The molecule has 0 radical (unpaired) electrons. The van der Waals surface area contributed by atoms with Gasteiger partial charge in [0.1, 0.15) is 16.7 Å². The molecule has 0 aliphatic rings. The van der Waals surface area contributed by atoms with Gasteiger partial charge >= 0.3 is 5.63 Å². The van der Waals surface area contributed by atoms with Crippen LogP contribution in [0, 0.1) is 0 Å². The van der Waals surface area contributed by atoms with Crippen LogP contribution in [-0.2, 0) is 0 Å². The number of aromatic nitrogens is 1. The van der Waals surface area contributed by atoms with E-state index in [1.54, 1.807) is 37.4 Å². The molecule has 0 aliphatic carbocycles. The lowest BCUT2D eigenvalue weighted by Gasteiger charge is -2.04. The molecule has 0 unspecified atom stereocenters. The van der Waals surface area contributed by atoms with E-state index in [2.05, 4.69) is 4.98 Å². The van der Waals surface area contributed by atoms with Gasteiger partial charge in [-0.25, -0.2) is 9.78 Å². The summed E-state index contributed by atoms with van der Waals surface area (Å²) in [4.78, 5) is 16.1. The van der Waals surface area contributed by atoms with E-state index in [-0.39, 0.29) is 0 Å². The molecule has 2 heterocycles. The SMILES string of the molecule is COc1ccc(-c2cc3nc(Cl)ccc3c(=O)o2)cc1. The second kappa shape index (κ2) is 4.98. The Labute approximate surface area is 119 Å². The lowest BCUT2D eigenvalue weighted by Crippen LogP contribution is -2.01. The Bertz CT molecular complexity index is 825. The summed E-state index contributed by atoms with van der Waals surface area (Å²) in [6, 6.07) is 12.1. The largest absolute Gasteiger partial charge is 0.497 e. The number of benzene rings is 1. The molecular formula is C15H10ClNO3. The molecule has 5 heteroatoms. The average molecular weight is 288 g/mol. The van der Waals surface area contributed by atoms with Gasteiger partial charge in [-0.3, -0.25) is 0 Å². The zero-order valence-electron chi connectivity index (χ0n) is 10.6. The van der Waals surface area contributed by atoms with Crippen molar-refractivity contribution < 1.29 is 9.15 Å². The Hall–Kier alpha value is -2.33. The number of halogens is 1. The Morgan fingerprint density at radius 2 is 1.90 bits per heavy atom. The van der Waals surface area contributed by atoms with E-state index < -0.39 is 5.63 Å². The maximum absolute atomic E-state index is 11.9. The highest BCUT2D eigenvalue weighted by Crippen LogP contribution is 2.24. The van der Waals surface area contributed by atoms with Gasteiger partial charge in [0.05, 0.1) is 18.0 Å². The number of methoxy groups -OCH3 is 1. The fraction of sp³-hybridized carbons (Fsp3) is 0.0667. The van der Waals surface area contributed by atoms with E-state index in [0.29, 0.717) is 21.8 Å². The highest BCUT2D eigenvalue weighted by atomic mass is 35.5. The van der Waals surface area contributed by atoms with E-state index in [9.17, 15) is 4.79 Å². The van der Waals surface area contributed by atoms with E-state index in [1.807, 2.05) is 12.1 Å². The third kappa shape index (κ3) is 2.26. The van der Waals surface area contributed by atoms with Gasteiger partial charge in [-0.1, -0.05) is 11.6 Å². The summed E-state index contributed by atoms with van der Waals surface area (Å²) >= 11 is 5.85. The minimum Gasteiger partial charge on any atom is -0.497 e. The molecule has 0 atom stereocenters. The second-order valence-corrected chi connectivity index (χ2v) is 4.58. The molecule has 3 aromatic rings. The quantitative estimate of drug-likeness (QED) is 0.677. The molecule has 3 rings (SSSR count). The smallest absolute Gasteiger partial charge is 0.345 e. The molecule has 0 amide bonds. The lowest BCUT2D eigenvalue weighted by atomic mass is 10.1. The van der Waals surface area contributed by atoms with Crippen molar-refractivity contribution in [3.05, 3.63) is 58.0 Å². The van der Waals surface area contributed by atoms with Crippen molar-refractivity contribution in [3.63, 3.8) is 0 Å². The number of fused-ring (bicyclic) bond motifs is 1. The van der Waals surface area contributed by atoms with E-state index in [1.165, 1.54) is 0 Å². The van der Waals surface area contributed by atoms with E-state index in [4.69, 9.17) is 20.8 Å². The first-order valence-corrected chi connectivity index (χ1v) is 6.30. The molecule has 0 fully saturated rings. The highest BCUT2D eigenvalue weighted by molar-refractivity contribution is 6.29. The fourth-order valence-electron chi connectivity index (χ4n) is 1.94. The van der Waals surface area contributed by atoms with Gasteiger partial charge in [0.2, 0.25) is 0 Å². The molecule has 2 aromatic heterocycles. The molecule has 0 aliphatic heterocycles. The van der Waals surface area contributed by atoms with Crippen LogP contribution in [0.4, 0.5) is 0 Å².